The Morgan fingerprint density at radius 1 is 1.07 bits per heavy atom. The van der Waals surface area contributed by atoms with E-state index in [4.69, 9.17) is 9.47 Å². The Balaban J connectivity index is 1.35. The van der Waals surface area contributed by atoms with E-state index >= 15 is 0 Å². The number of rotatable bonds is 10. The minimum atomic E-state index is -4.80. The summed E-state index contributed by atoms with van der Waals surface area (Å²) in [4.78, 5) is 62.0. The van der Waals surface area contributed by atoms with Crippen LogP contribution in [0, 0.1) is 17.8 Å². The lowest BCUT2D eigenvalue weighted by Crippen LogP contribution is -2.62. The zero-order valence-electron chi connectivity index (χ0n) is 33.4. The third-order valence-corrected chi connectivity index (χ3v) is 13.3. The van der Waals surface area contributed by atoms with Crippen molar-refractivity contribution in [2.45, 2.75) is 127 Å². The Morgan fingerprint density at radius 2 is 1.78 bits per heavy atom. The Hall–Kier alpha value is -4.61. The molecule has 0 spiro atoms. The SMILES string of the molecule is CCCOc1cnc(O[C@@H]2C[C@H]3C(=O)N[C@]4(C(=O)NS(=O)(=O)C5CC5)C[C@H]4C=CCC[C@H](C)C[C@@H](C)[C@H](NC(=O)NC(C)(C)C(F)(F)F)C(=O)N3C2)c2ccccc12. The van der Waals surface area contributed by atoms with E-state index in [0.29, 0.717) is 49.8 Å². The molecule has 2 saturated carbocycles. The van der Waals surface area contributed by atoms with Crippen LogP contribution in [0.1, 0.15) is 86.0 Å². The summed E-state index contributed by atoms with van der Waals surface area (Å²) in [7, 11) is -3.97. The molecule has 14 nitrogen and oxygen atoms in total. The highest BCUT2D eigenvalue weighted by molar-refractivity contribution is 7.91. The number of hydrogen-bond donors (Lipinski definition) is 4. The Kier molecular flexibility index (Phi) is 12.3. The number of nitrogens with one attached hydrogen (secondary N) is 4. The first-order chi connectivity index (χ1) is 27.3. The van der Waals surface area contributed by atoms with E-state index < -0.39 is 86.3 Å². The highest BCUT2D eigenvalue weighted by Gasteiger charge is 2.62. The molecule has 1 aromatic carbocycles. The first-order valence-electron chi connectivity index (χ1n) is 19.9. The van der Waals surface area contributed by atoms with Crippen LogP contribution in [0.4, 0.5) is 18.0 Å². The number of aromatic nitrogens is 1. The summed E-state index contributed by atoms with van der Waals surface area (Å²) in [5.74, 6) is -2.75. The van der Waals surface area contributed by atoms with Gasteiger partial charge in [0.2, 0.25) is 27.7 Å². The van der Waals surface area contributed by atoms with Crippen molar-refractivity contribution >= 4 is 44.5 Å². The number of carbonyl (C=O) groups excluding carboxylic acids is 4. The predicted octanol–water partition coefficient (Wildman–Crippen LogP) is 4.88. The van der Waals surface area contributed by atoms with Gasteiger partial charge in [0.15, 0.2) is 0 Å². The molecule has 3 fully saturated rings. The Bertz CT molecular complexity index is 2040. The van der Waals surface area contributed by atoms with Gasteiger partial charge in [-0.25, -0.2) is 18.2 Å². The van der Waals surface area contributed by atoms with Gasteiger partial charge < -0.3 is 30.3 Å². The molecule has 1 aromatic heterocycles. The van der Waals surface area contributed by atoms with E-state index in [0.717, 1.165) is 25.7 Å². The number of nitrogens with zero attached hydrogens (tertiary/aromatic N) is 2. The van der Waals surface area contributed by atoms with Gasteiger partial charge in [0, 0.05) is 23.1 Å². The van der Waals surface area contributed by atoms with E-state index in [2.05, 4.69) is 20.3 Å². The molecule has 18 heteroatoms. The fourth-order valence-electron chi connectivity index (χ4n) is 7.75. The van der Waals surface area contributed by atoms with Gasteiger partial charge in [-0.2, -0.15) is 13.2 Å². The van der Waals surface area contributed by atoms with Crippen LogP contribution in [0.2, 0.25) is 0 Å². The van der Waals surface area contributed by atoms with Crippen LogP contribution in [-0.2, 0) is 24.4 Å². The molecule has 4 aliphatic rings. The second kappa shape index (κ2) is 16.6. The molecule has 6 rings (SSSR count). The molecule has 0 radical (unpaired) electrons. The number of carbonyl (C=O) groups is 4. The molecule has 7 atom stereocenters. The van der Waals surface area contributed by atoms with Crippen molar-refractivity contribution in [2.75, 3.05) is 13.2 Å². The molecular weight excluding hydrogens is 782 g/mol. The third kappa shape index (κ3) is 9.31. The minimum absolute atomic E-state index is 0.0126. The molecule has 3 heterocycles. The van der Waals surface area contributed by atoms with E-state index in [1.165, 1.54) is 11.1 Å². The monoisotopic (exact) mass is 834 g/mol. The van der Waals surface area contributed by atoms with Gasteiger partial charge in [-0.05, 0) is 76.7 Å². The van der Waals surface area contributed by atoms with Crippen molar-refractivity contribution in [2.24, 2.45) is 17.8 Å². The summed E-state index contributed by atoms with van der Waals surface area (Å²) in [6, 6.07) is 3.40. The molecule has 5 amide bonds. The molecule has 2 aliphatic carbocycles. The standard InChI is InChI=1S/C40H53F3N6O8S/c1-6-17-56-31-21-44-34(29-14-10-9-13-28(29)31)57-26-19-30-33(50)46-39(36(52)48-58(54,55)27-15-16-27)20-25(39)12-8-7-11-23(2)18-24(3)32(35(51)49(30)22-26)45-37(53)47-38(4,5)40(41,42)43/h8-10,12-14,21,23-27,30,32H,6-7,11,15-20,22H2,1-5H3,(H,46,50)(H,48,52)(H2,45,47,53)/t23-,24+,25+,26+,30-,32-,39+/m0/s1. The number of alkyl halides is 3. The van der Waals surface area contributed by atoms with Gasteiger partial charge in [0.05, 0.1) is 24.6 Å². The first kappa shape index (κ1) is 43.0. The third-order valence-electron chi connectivity index (χ3n) is 11.5. The van der Waals surface area contributed by atoms with Crippen LogP contribution in [0.3, 0.4) is 0 Å². The predicted molar refractivity (Wildman–Crippen MR) is 208 cm³/mol. The number of urea groups is 1. The number of hydrogen-bond acceptors (Lipinski definition) is 9. The quantitative estimate of drug-likeness (QED) is 0.243. The lowest BCUT2D eigenvalue weighted by Gasteiger charge is -2.34. The number of fused-ring (bicyclic) bond motifs is 3. The first-order valence-corrected chi connectivity index (χ1v) is 21.5. The summed E-state index contributed by atoms with van der Waals surface area (Å²) in [6.07, 6.45) is 2.78. The number of amides is 5. The zero-order valence-corrected chi connectivity index (χ0v) is 34.2. The maximum absolute atomic E-state index is 14.8. The fraction of sp³-hybridized carbons (Fsp3) is 0.625. The van der Waals surface area contributed by atoms with Crippen LogP contribution in [-0.4, -0.2) is 95.9 Å². The number of halogens is 3. The largest absolute Gasteiger partial charge is 0.491 e. The second-order valence-electron chi connectivity index (χ2n) is 16.8. The molecule has 0 bridgehead atoms. The van der Waals surface area contributed by atoms with Crippen molar-refractivity contribution < 1.29 is 50.2 Å². The zero-order chi connectivity index (χ0) is 42.2. The van der Waals surface area contributed by atoms with Crippen LogP contribution in [0.5, 0.6) is 11.6 Å². The number of pyridine rings is 1. The average Bonchev–Trinajstić information content (AvgIpc) is 4.08. The second-order valence-corrected chi connectivity index (χ2v) is 18.7. The van der Waals surface area contributed by atoms with Gasteiger partial charge in [-0.3, -0.25) is 19.1 Å². The number of benzene rings is 1. The summed E-state index contributed by atoms with van der Waals surface area (Å²) in [5.41, 5.74) is -4.25. The molecule has 0 unspecified atom stereocenters. The fourth-order valence-corrected chi connectivity index (χ4v) is 9.11. The number of allylic oxidation sites excluding steroid dienone is 1. The van der Waals surface area contributed by atoms with E-state index in [1.807, 2.05) is 37.4 Å². The lowest BCUT2D eigenvalue weighted by atomic mass is 9.88. The highest BCUT2D eigenvalue weighted by Crippen LogP contribution is 2.46. The molecular formula is C40H53F3N6O8S. The Morgan fingerprint density at radius 3 is 2.45 bits per heavy atom. The van der Waals surface area contributed by atoms with Crippen molar-refractivity contribution in [3.63, 3.8) is 0 Å². The maximum Gasteiger partial charge on any atom is 0.411 e. The molecule has 58 heavy (non-hydrogen) atoms. The number of sulfonamides is 1. The van der Waals surface area contributed by atoms with Crippen molar-refractivity contribution in [3.8, 4) is 11.6 Å². The van der Waals surface area contributed by atoms with Crippen LogP contribution in [0.25, 0.3) is 10.8 Å². The molecule has 4 N–H and O–H groups in total. The minimum Gasteiger partial charge on any atom is -0.491 e. The summed E-state index contributed by atoms with van der Waals surface area (Å²) in [5, 5.41) is 7.89. The molecule has 1 saturated heterocycles. The van der Waals surface area contributed by atoms with E-state index in [-0.39, 0.29) is 31.2 Å². The topological polar surface area (TPSA) is 185 Å². The van der Waals surface area contributed by atoms with Crippen molar-refractivity contribution in [1.29, 1.82) is 0 Å². The van der Waals surface area contributed by atoms with E-state index in [9.17, 15) is 40.8 Å². The van der Waals surface area contributed by atoms with Crippen LogP contribution < -0.4 is 30.1 Å². The Labute approximate surface area is 336 Å². The van der Waals surface area contributed by atoms with Gasteiger partial charge in [0.25, 0.3) is 5.91 Å². The molecule has 2 aliphatic heterocycles. The number of ether oxygens (including phenoxy) is 2. The van der Waals surface area contributed by atoms with Gasteiger partial charge >= 0.3 is 12.2 Å². The summed E-state index contributed by atoms with van der Waals surface area (Å²) < 4.78 is 81.7. The summed E-state index contributed by atoms with van der Waals surface area (Å²) >= 11 is 0. The molecule has 318 valence electrons. The smallest absolute Gasteiger partial charge is 0.411 e. The lowest BCUT2D eigenvalue weighted by molar-refractivity contribution is -0.182. The van der Waals surface area contributed by atoms with Crippen molar-refractivity contribution in [1.82, 2.24) is 30.6 Å². The average molecular weight is 835 g/mol. The highest BCUT2D eigenvalue weighted by atomic mass is 32.2. The maximum atomic E-state index is 14.8. The molecule has 2 aromatic rings. The normalized spacial score (nSPS) is 28.3. The van der Waals surface area contributed by atoms with Gasteiger partial charge in [-0.1, -0.05) is 51.1 Å². The summed E-state index contributed by atoms with van der Waals surface area (Å²) in [6.45, 7) is 7.54. The van der Waals surface area contributed by atoms with Crippen LogP contribution >= 0.6 is 0 Å². The van der Waals surface area contributed by atoms with Crippen LogP contribution in [0.15, 0.2) is 42.6 Å². The van der Waals surface area contributed by atoms with Gasteiger partial charge in [0.1, 0.15) is 35.0 Å². The van der Waals surface area contributed by atoms with E-state index in [1.54, 1.807) is 25.1 Å². The van der Waals surface area contributed by atoms with Gasteiger partial charge in [-0.15, -0.1) is 0 Å². The van der Waals surface area contributed by atoms with Crippen molar-refractivity contribution in [3.05, 3.63) is 42.6 Å².